The van der Waals surface area contributed by atoms with Crippen molar-refractivity contribution in [2.45, 2.75) is 39.7 Å². The summed E-state index contributed by atoms with van der Waals surface area (Å²) in [5.74, 6) is 1.50. The number of aromatic nitrogens is 2. The first-order valence-corrected chi connectivity index (χ1v) is 13.5. The Bertz CT molecular complexity index is 1500. The molecule has 37 heavy (non-hydrogen) atoms. The molecule has 0 amide bonds. The molecule has 4 aromatic rings. The van der Waals surface area contributed by atoms with Crippen molar-refractivity contribution in [1.82, 2.24) is 9.66 Å². The molecule has 0 spiro atoms. The summed E-state index contributed by atoms with van der Waals surface area (Å²) in [4.78, 5) is 18.0. The van der Waals surface area contributed by atoms with E-state index in [2.05, 4.69) is 28.0 Å². The lowest BCUT2D eigenvalue weighted by Gasteiger charge is -2.15. The van der Waals surface area contributed by atoms with Crippen LogP contribution in [0.5, 0.6) is 11.5 Å². The number of nitrogens with zero attached hydrogens (tertiary/aromatic N) is 3. The molecular weight excluding hydrogens is 577 g/mol. The predicted octanol–water partition coefficient (Wildman–Crippen LogP) is 7.67. The van der Waals surface area contributed by atoms with Crippen LogP contribution in [0.3, 0.4) is 0 Å². The number of ether oxygens (including phenoxy) is 2. The second kappa shape index (κ2) is 12.6. The summed E-state index contributed by atoms with van der Waals surface area (Å²) in [5, 5.41) is 5.98. The average Bonchev–Trinajstić information content (AvgIpc) is 2.88. The van der Waals surface area contributed by atoms with Gasteiger partial charge in [0.2, 0.25) is 0 Å². The van der Waals surface area contributed by atoms with E-state index in [0.717, 1.165) is 22.9 Å². The highest BCUT2D eigenvalue weighted by Gasteiger charge is 2.15. The van der Waals surface area contributed by atoms with Gasteiger partial charge in [0.15, 0.2) is 11.5 Å². The molecule has 1 heterocycles. The quantitative estimate of drug-likeness (QED) is 0.175. The number of hydrogen-bond acceptors (Lipinski definition) is 5. The van der Waals surface area contributed by atoms with E-state index >= 15 is 0 Å². The average molecular weight is 603 g/mol. The zero-order valence-corrected chi connectivity index (χ0v) is 23.6. The monoisotopic (exact) mass is 601 g/mol. The molecule has 0 aliphatic heterocycles. The molecule has 6 nitrogen and oxygen atoms in total. The molecule has 0 aliphatic rings. The van der Waals surface area contributed by atoms with E-state index in [9.17, 15) is 4.79 Å². The smallest absolute Gasteiger partial charge is 0.282 e. The Balaban J connectivity index is 1.70. The molecule has 0 fully saturated rings. The summed E-state index contributed by atoms with van der Waals surface area (Å²) in [6.07, 6.45) is 4.08. The van der Waals surface area contributed by atoms with Crippen LogP contribution in [0.4, 0.5) is 0 Å². The summed E-state index contributed by atoms with van der Waals surface area (Å²) in [7, 11) is 0. The SMILES string of the molecule is CCCCc1nc2ccc(Br)cc2c(=O)n1N=Cc1cc(Cl)c(OCc2ccccc2Cl)c(OCC)c1. The Morgan fingerprint density at radius 3 is 2.62 bits per heavy atom. The fraction of sp³-hybridized carbons (Fsp3) is 0.250. The van der Waals surface area contributed by atoms with Crippen LogP contribution < -0.4 is 15.0 Å². The molecule has 0 N–H and O–H groups in total. The van der Waals surface area contributed by atoms with Crippen molar-refractivity contribution >= 4 is 56.2 Å². The molecule has 0 radical (unpaired) electrons. The van der Waals surface area contributed by atoms with Crippen molar-refractivity contribution in [1.29, 1.82) is 0 Å². The summed E-state index contributed by atoms with van der Waals surface area (Å²) >= 11 is 16.3. The lowest BCUT2D eigenvalue weighted by molar-refractivity contribution is 0.269. The molecule has 192 valence electrons. The highest BCUT2D eigenvalue weighted by Crippen LogP contribution is 2.37. The Labute approximate surface area is 234 Å². The standard InChI is InChI=1S/C28H26BrCl2N3O3/c1-3-5-10-26-33-24-12-11-20(29)15-21(24)28(35)34(26)32-16-18-13-23(31)27(25(14-18)36-4-2)37-17-19-8-6-7-9-22(19)30/h6-9,11-16H,3-5,10,17H2,1-2H3. The minimum atomic E-state index is -0.232. The molecule has 0 saturated heterocycles. The van der Waals surface area contributed by atoms with Gasteiger partial charge in [0.1, 0.15) is 12.4 Å². The van der Waals surface area contributed by atoms with E-state index in [4.69, 9.17) is 37.7 Å². The van der Waals surface area contributed by atoms with Crippen LogP contribution in [0.25, 0.3) is 10.9 Å². The molecule has 0 bridgehead atoms. The number of hydrogen-bond donors (Lipinski definition) is 0. The number of benzene rings is 3. The fourth-order valence-corrected chi connectivity index (χ4v) is 4.59. The third kappa shape index (κ3) is 6.53. The van der Waals surface area contributed by atoms with Gasteiger partial charge >= 0.3 is 0 Å². The van der Waals surface area contributed by atoms with Gasteiger partial charge in [-0.05, 0) is 55.3 Å². The summed E-state index contributed by atoms with van der Waals surface area (Å²) in [6, 6.07) is 16.4. The van der Waals surface area contributed by atoms with Crippen molar-refractivity contribution in [3.05, 3.63) is 96.4 Å². The molecular formula is C28H26BrCl2N3O3. The maximum absolute atomic E-state index is 13.3. The molecule has 4 rings (SSSR count). The molecule has 0 unspecified atom stereocenters. The summed E-state index contributed by atoms with van der Waals surface area (Å²) in [6.45, 7) is 4.63. The Morgan fingerprint density at radius 2 is 1.86 bits per heavy atom. The van der Waals surface area contributed by atoms with Gasteiger partial charge in [-0.2, -0.15) is 9.78 Å². The zero-order chi connectivity index (χ0) is 26.4. The number of halogens is 3. The van der Waals surface area contributed by atoms with Crippen molar-refractivity contribution in [3.63, 3.8) is 0 Å². The van der Waals surface area contributed by atoms with Crippen molar-refractivity contribution in [3.8, 4) is 11.5 Å². The number of unbranched alkanes of at least 4 members (excludes halogenated alkanes) is 1. The van der Waals surface area contributed by atoms with E-state index < -0.39 is 0 Å². The highest BCUT2D eigenvalue weighted by molar-refractivity contribution is 9.10. The lowest BCUT2D eigenvalue weighted by atomic mass is 10.2. The molecule has 0 atom stereocenters. The number of fused-ring (bicyclic) bond motifs is 1. The van der Waals surface area contributed by atoms with E-state index in [1.165, 1.54) is 4.68 Å². The van der Waals surface area contributed by atoms with Gasteiger partial charge in [-0.25, -0.2) is 4.98 Å². The molecule has 0 aliphatic carbocycles. The van der Waals surface area contributed by atoms with E-state index in [1.807, 2.05) is 43.3 Å². The van der Waals surface area contributed by atoms with Gasteiger partial charge < -0.3 is 9.47 Å². The first kappa shape index (κ1) is 27.2. The van der Waals surface area contributed by atoms with Crippen LogP contribution in [-0.4, -0.2) is 22.5 Å². The zero-order valence-electron chi connectivity index (χ0n) is 20.5. The van der Waals surface area contributed by atoms with Crippen LogP contribution >= 0.6 is 39.1 Å². The third-order valence-corrected chi connectivity index (χ3v) is 6.76. The van der Waals surface area contributed by atoms with Crippen LogP contribution in [0.1, 0.15) is 43.6 Å². The van der Waals surface area contributed by atoms with Crippen molar-refractivity contribution in [2.75, 3.05) is 6.61 Å². The molecule has 1 aromatic heterocycles. The maximum atomic E-state index is 13.3. The van der Waals surface area contributed by atoms with Crippen LogP contribution in [0.15, 0.2) is 69.0 Å². The summed E-state index contributed by atoms with van der Waals surface area (Å²) in [5.41, 5.74) is 1.90. The fourth-order valence-electron chi connectivity index (χ4n) is 3.77. The maximum Gasteiger partial charge on any atom is 0.282 e. The predicted molar refractivity (Wildman–Crippen MR) is 154 cm³/mol. The molecule has 3 aromatic carbocycles. The minimum Gasteiger partial charge on any atom is -0.490 e. The number of rotatable bonds is 10. The van der Waals surface area contributed by atoms with Gasteiger partial charge in [0, 0.05) is 21.5 Å². The normalized spacial score (nSPS) is 11.4. The first-order valence-electron chi connectivity index (χ1n) is 12.0. The highest BCUT2D eigenvalue weighted by atomic mass is 79.9. The lowest BCUT2D eigenvalue weighted by Crippen LogP contribution is -2.22. The van der Waals surface area contributed by atoms with Crippen molar-refractivity contribution < 1.29 is 9.47 Å². The Hall–Kier alpha value is -2.87. The Morgan fingerprint density at radius 1 is 1.05 bits per heavy atom. The Kier molecular flexibility index (Phi) is 9.24. The van der Waals surface area contributed by atoms with E-state index in [0.29, 0.717) is 56.9 Å². The second-order valence-corrected chi connectivity index (χ2v) is 10.0. The van der Waals surface area contributed by atoms with Gasteiger partial charge in [-0.1, -0.05) is 70.7 Å². The second-order valence-electron chi connectivity index (χ2n) is 8.30. The van der Waals surface area contributed by atoms with Crippen LogP contribution in [0.2, 0.25) is 10.0 Å². The van der Waals surface area contributed by atoms with E-state index in [1.54, 1.807) is 24.4 Å². The number of aryl methyl sites for hydroxylation is 1. The van der Waals surface area contributed by atoms with Gasteiger partial charge in [-0.15, -0.1) is 0 Å². The topological polar surface area (TPSA) is 65.7 Å². The summed E-state index contributed by atoms with van der Waals surface area (Å²) < 4.78 is 14.0. The van der Waals surface area contributed by atoms with Crippen molar-refractivity contribution in [2.24, 2.45) is 5.10 Å². The van der Waals surface area contributed by atoms with E-state index in [-0.39, 0.29) is 12.2 Å². The molecule has 9 heteroatoms. The first-order chi connectivity index (χ1) is 17.9. The largest absolute Gasteiger partial charge is 0.490 e. The van der Waals surface area contributed by atoms with Crippen LogP contribution in [0, 0.1) is 0 Å². The third-order valence-electron chi connectivity index (χ3n) is 5.61. The minimum absolute atomic E-state index is 0.232. The van der Waals surface area contributed by atoms with Crippen LogP contribution in [-0.2, 0) is 13.0 Å². The van der Waals surface area contributed by atoms with Gasteiger partial charge in [0.25, 0.3) is 5.56 Å². The van der Waals surface area contributed by atoms with Gasteiger partial charge in [0.05, 0.1) is 28.7 Å². The van der Waals surface area contributed by atoms with Gasteiger partial charge in [-0.3, -0.25) is 4.79 Å². The molecule has 0 saturated carbocycles.